The van der Waals surface area contributed by atoms with Crippen molar-refractivity contribution in [1.82, 2.24) is 9.80 Å². The standard InChI is InChI=1S/C28H34ClN3O5S/c1-20-8-10-24(38-20)18-31(13-12-21-9-11-25(36-3)26(16-21)37-4)27(33)19-32(14-15-35-2)28(34)30-23-7-5-6-22(29)17-23/h5-11,16-17H,12-15,18-19H2,1-4H3,(H,30,34). The number of halogens is 1. The number of aryl methyl sites for hydroxylation is 1. The third-order valence-corrected chi connectivity index (χ3v) is 7.09. The Balaban J connectivity index is 1.75. The number of nitrogens with zero attached hydrogens (tertiary/aromatic N) is 2. The number of ether oxygens (including phenoxy) is 3. The zero-order valence-corrected chi connectivity index (χ0v) is 23.7. The van der Waals surface area contributed by atoms with Crippen molar-refractivity contribution < 1.29 is 23.8 Å². The molecule has 2 aromatic carbocycles. The normalized spacial score (nSPS) is 10.7. The number of thiophene rings is 1. The van der Waals surface area contributed by atoms with Crippen molar-refractivity contribution in [2.75, 3.05) is 52.9 Å². The third kappa shape index (κ3) is 8.65. The molecule has 0 aliphatic rings. The van der Waals surface area contributed by atoms with Crippen molar-refractivity contribution in [3.05, 3.63) is 74.9 Å². The summed E-state index contributed by atoms with van der Waals surface area (Å²) in [5, 5.41) is 3.33. The second-order valence-corrected chi connectivity index (χ2v) is 10.4. The molecule has 1 heterocycles. The van der Waals surface area contributed by atoms with Crippen LogP contribution in [0.3, 0.4) is 0 Å². The van der Waals surface area contributed by atoms with Crippen LogP contribution in [-0.2, 0) is 22.5 Å². The maximum absolute atomic E-state index is 13.6. The van der Waals surface area contributed by atoms with Crippen LogP contribution in [0.15, 0.2) is 54.6 Å². The van der Waals surface area contributed by atoms with Gasteiger partial charge in [-0.1, -0.05) is 23.7 Å². The number of hydrogen-bond acceptors (Lipinski definition) is 6. The molecule has 0 fully saturated rings. The van der Waals surface area contributed by atoms with Crippen molar-refractivity contribution in [1.29, 1.82) is 0 Å². The van der Waals surface area contributed by atoms with E-state index < -0.39 is 6.03 Å². The Hall–Kier alpha value is -3.27. The zero-order chi connectivity index (χ0) is 27.5. The molecule has 0 saturated carbocycles. The van der Waals surface area contributed by atoms with Crippen molar-refractivity contribution in [3.8, 4) is 11.5 Å². The van der Waals surface area contributed by atoms with Gasteiger partial charge in [-0.15, -0.1) is 11.3 Å². The topological polar surface area (TPSA) is 80.3 Å². The SMILES string of the molecule is COCCN(CC(=O)N(CCc1ccc(OC)c(OC)c1)Cc1ccc(C)s1)C(=O)Nc1cccc(Cl)c1. The van der Waals surface area contributed by atoms with E-state index in [0.29, 0.717) is 48.3 Å². The Labute approximate surface area is 233 Å². The van der Waals surface area contributed by atoms with E-state index in [1.54, 1.807) is 61.8 Å². The van der Waals surface area contributed by atoms with Gasteiger partial charge in [-0.3, -0.25) is 4.79 Å². The van der Waals surface area contributed by atoms with Crippen molar-refractivity contribution >= 4 is 40.6 Å². The van der Waals surface area contributed by atoms with Crippen LogP contribution in [0.25, 0.3) is 0 Å². The van der Waals surface area contributed by atoms with Crippen molar-refractivity contribution in [2.45, 2.75) is 19.9 Å². The van der Waals surface area contributed by atoms with Crippen molar-refractivity contribution in [3.63, 3.8) is 0 Å². The molecule has 10 heteroatoms. The quantitative estimate of drug-likeness (QED) is 0.300. The number of amides is 3. The van der Waals surface area contributed by atoms with Gasteiger partial charge in [-0.25, -0.2) is 4.79 Å². The first-order valence-electron chi connectivity index (χ1n) is 12.2. The van der Waals surface area contributed by atoms with Gasteiger partial charge in [0.25, 0.3) is 0 Å². The maximum atomic E-state index is 13.6. The number of hydrogen-bond donors (Lipinski definition) is 1. The van der Waals surface area contributed by atoms with Crippen LogP contribution in [0.1, 0.15) is 15.3 Å². The lowest BCUT2D eigenvalue weighted by molar-refractivity contribution is -0.132. The summed E-state index contributed by atoms with van der Waals surface area (Å²) >= 11 is 7.71. The van der Waals surface area contributed by atoms with Crippen molar-refractivity contribution in [2.24, 2.45) is 0 Å². The smallest absolute Gasteiger partial charge is 0.322 e. The summed E-state index contributed by atoms with van der Waals surface area (Å²) in [7, 11) is 4.75. The van der Waals surface area contributed by atoms with Crippen LogP contribution in [0.2, 0.25) is 5.02 Å². The van der Waals surface area contributed by atoms with Gasteiger partial charge in [0, 0.05) is 40.7 Å². The number of carbonyl (C=O) groups is 2. The average Bonchev–Trinajstić information content (AvgIpc) is 3.32. The van der Waals surface area contributed by atoms with Gasteiger partial charge in [-0.05, 0) is 61.4 Å². The molecular weight excluding hydrogens is 526 g/mol. The predicted molar refractivity (Wildman–Crippen MR) is 152 cm³/mol. The van der Waals surface area contributed by atoms with Crippen LogP contribution in [0, 0.1) is 6.92 Å². The van der Waals surface area contributed by atoms with Gasteiger partial charge in [0.15, 0.2) is 11.5 Å². The monoisotopic (exact) mass is 559 g/mol. The first-order valence-corrected chi connectivity index (χ1v) is 13.4. The number of carbonyl (C=O) groups excluding carboxylic acids is 2. The van der Waals surface area contributed by atoms with E-state index in [1.807, 2.05) is 37.3 Å². The molecule has 0 aliphatic heterocycles. The Bertz CT molecular complexity index is 1220. The van der Waals surface area contributed by atoms with E-state index in [-0.39, 0.29) is 19.0 Å². The lowest BCUT2D eigenvalue weighted by atomic mass is 10.1. The van der Waals surface area contributed by atoms with Gasteiger partial charge < -0.3 is 29.3 Å². The van der Waals surface area contributed by atoms with Crippen LogP contribution < -0.4 is 14.8 Å². The lowest BCUT2D eigenvalue weighted by Crippen LogP contribution is -2.46. The molecule has 3 amide bonds. The van der Waals surface area contributed by atoms with E-state index in [4.69, 9.17) is 25.8 Å². The van der Waals surface area contributed by atoms with E-state index in [2.05, 4.69) is 5.32 Å². The van der Waals surface area contributed by atoms with Gasteiger partial charge in [0.1, 0.15) is 6.54 Å². The van der Waals surface area contributed by atoms with E-state index in [0.717, 1.165) is 10.4 Å². The molecule has 0 unspecified atom stereocenters. The van der Waals surface area contributed by atoms with Gasteiger partial charge in [-0.2, -0.15) is 0 Å². The molecule has 204 valence electrons. The molecule has 0 saturated heterocycles. The molecule has 1 N–H and O–H groups in total. The number of benzene rings is 2. The minimum absolute atomic E-state index is 0.0912. The minimum atomic E-state index is -0.399. The predicted octanol–water partition coefficient (Wildman–Crippen LogP) is 5.48. The summed E-state index contributed by atoms with van der Waals surface area (Å²) < 4.78 is 16.0. The summed E-state index contributed by atoms with van der Waals surface area (Å²) in [5.74, 6) is 1.13. The lowest BCUT2D eigenvalue weighted by Gasteiger charge is -2.28. The summed E-state index contributed by atoms with van der Waals surface area (Å²) in [5.41, 5.74) is 1.56. The molecule has 38 heavy (non-hydrogen) atoms. The molecule has 3 aromatic rings. The summed E-state index contributed by atoms with van der Waals surface area (Å²) in [6.07, 6.45) is 0.614. The van der Waals surface area contributed by atoms with E-state index in [1.165, 1.54) is 9.78 Å². The molecule has 0 bridgehead atoms. The third-order valence-electron chi connectivity index (χ3n) is 5.87. The van der Waals surface area contributed by atoms with Gasteiger partial charge >= 0.3 is 6.03 Å². The fourth-order valence-electron chi connectivity index (χ4n) is 3.84. The average molecular weight is 560 g/mol. The highest BCUT2D eigenvalue weighted by atomic mass is 35.5. The second-order valence-electron chi connectivity index (χ2n) is 8.62. The molecule has 8 nitrogen and oxygen atoms in total. The highest BCUT2D eigenvalue weighted by Gasteiger charge is 2.22. The first kappa shape index (κ1) is 29.3. The number of nitrogens with one attached hydrogen (secondary N) is 1. The number of urea groups is 1. The highest BCUT2D eigenvalue weighted by molar-refractivity contribution is 7.11. The van der Waals surface area contributed by atoms with E-state index >= 15 is 0 Å². The molecular formula is C28H34ClN3O5S. The number of anilines is 1. The Kier molecular flexibility index (Phi) is 11.3. The first-order chi connectivity index (χ1) is 18.3. The number of methoxy groups -OCH3 is 3. The molecule has 3 rings (SSSR count). The maximum Gasteiger partial charge on any atom is 0.322 e. The molecule has 1 aromatic heterocycles. The summed E-state index contributed by atoms with van der Waals surface area (Å²) in [4.78, 5) is 32.2. The summed E-state index contributed by atoms with van der Waals surface area (Å²) in [6.45, 7) is 3.43. The fraction of sp³-hybridized carbons (Fsp3) is 0.357. The Morgan fingerprint density at radius 1 is 0.947 bits per heavy atom. The minimum Gasteiger partial charge on any atom is -0.493 e. The molecule has 0 spiro atoms. The van der Waals surface area contributed by atoms with Crippen LogP contribution >= 0.6 is 22.9 Å². The van der Waals surface area contributed by atoms with Crippen LogP contribution in [0.4, 0.5) is 10.5 Å². The Morgan fingerprint density at radius 3 is 2.39 bits per heavy atom. The van der Waals surface area contributed by atoms with E-state index in [9.17, 15) is 9.59 Å². The van der Waals surface area contributed by atoms with Crippen LogP contribution in [0.5, 0.6) is 11.5 Å². The molecule has 0 atom stereocenters. The second kappa shape index (κ2) is 14.6. The largest absolute Gasteiger partial charge is 0.493 e. The highest BCUT2D eigenvalue weighted by Crippen LogP contribution is 2.28. The molecule has 0 aliphatic carbocycles. The zero-order valence-electron chi connectivity index (χ0n) is 22.2. The number of rotatable bonds is 13. The molecule has 0 radical (unpaired) electrons. The van der Waals surface area contributed by atoms with Gasteiger partial charge in [0.2, 0.25) is 5.91 Å². The Morgan fingerprint density at radius 2 is 1.74 bits per heavy atom. The summed E-state index contributed by atoms with van der Waals surface area (Å²) in [6, 6.07) is 16.3. The van der Waals surface area contributed by atoms with Gasteiger partial charge in [0.05, 0.1) is 27.4 Å². The van der Waals surface area contributed by atoms with Crippen LogP contribution in [-0.4, -0.2) is 69.3 Å². The fourth-order valence-corrected chi connectivity index (χ4v) is 4.93.